The number of aliphatic imine (C=N–C) groups is 1. The molecule has 0 atom stereocenters. The van der Waals surface area contributed by atoms with E-state index in [0.29, 0.717) is 5.56 Å². The molecule has 0 spiro atoms. The first kappa shape index (κ1) is 16.5. The topological polar surface area (TPSA) is 12.4 Å². The number of nitrogens with zero attached hydrogens (tertiary/aromatic N) is 1. The van der Waals surface area contributed by atoms with Crippen LogP contribution in [0.25, 0.3) is 0 Å². The van der Waals surface area contributed by atoms with E-state index >= 15 is 0 Å². The highest BCUT2D eigenvalue weighted by Gasteiger charge is 2.35. The van der Waals surface area contributed by atoms with Crippen LogP contribution >= 0.6 is 22.6 Å². The summed E-state index contributed by atoms with van der Waals surface area (Å²) in [5, 5.41) is 0. The molecule has 6 heteroatoms. The Morgan fingerprint density at radius 3 is 2.32 bits per heavy atom. The highest BCUT2D eigenvalue weighted by Crippen LogP contribution is 2.26. The maximum atomic E-state index is 13.0. The molecule has 0 heterocycles. The third-order valence-corrected chi connectivity index (χ3v) is 3.37. The molecule has 0 unspecified atom stereocenters. The predicted molar refractivity (Wildman–Crippen MR) is 85.6 cm³/mol. The van der Waals surface area contributed by atoms with Gasteiger partial charge in [-0.1, -0.05) is 24.1 Å². The van der Waals surface area contributed by atoms with Crippen molar-refractivity contribution >= 4 is 34.0 Å². The van der Waals surface area contributed by atoms with Gasteiger partial charge in [0, 0.05) is 9.13 Å². The van der Waals surface area contributed by atoms with Gasteiger partial charge in [-0.3, -0.25) is 0 Å². The van der Waals surface area contributed by atoms with Gasteiger partial charge < -0.3 is 0 Å². The van der Waals surface area contributed by atoms with Gasteiger partial charge in [0.2, 0.25) is 0 Å². The van der Waals surface area contributed by atoms with Crippen LogP contribution in [0.1, 0.15) is 5.56 Å². The molecule has 0 saturated heterocycles. The molecule has 2 aromatic rings. The Bertz CT molecular complexity index is 755. The van der Waals surface area contributed by atoms with Gasteiger partial charge in [-0.05, 0) is 58.8 Å². The highest BCUT2D eigenvalue weighted by atomic mass is 127. The zero-order valence-electron chi connectivity index (χ0n) is 11.0. The van der Waals surface area contributed by atoms with E-state index < -0.39 is 17.7 Å². The van der Waals surface area contributed by atoms with Gasteiger partial charge in [0.05, 0.1) is 5.69 Å². The summed E-state index contributed by atoms with van der Waals surface area (Å²) < 4.78 is 52.3. The molecule has 0 aliphatic rings. The van der Waals surface area contributed by atoms with Gasteiger partial charge in [0.25, 0.3) is 0 Å². The van der Waals surface area contributed by atoms with Crippen molar-refractivity contribution < 1.29 is 17.6 Å². The fraction of sp³-hybridized carbons (Fsp3) is 0.0625. The van der Waals surface area contributed by atoms with Crippen LogP contribution in [0.5, 0.6) is 0 Å². The summed E-state index contributed by atoms with van der Waals surface area (Å²) >= 11 is 1.72. The van der Waals surface area contributed by atoms with E-state index in [1.165, 1.54) is 6.07 Å². The van der Waals surface area contributed by atoms with E-state index in [4.69, 9.17) is 0 Å². The standard InChI is InChI=1S/C16H8F4IN/c17-12-7-8-14(13(21)10-12)22-15(16(18,19)20)9-6-11-4-2-1-3-5-11/h1-5,7-8,10H. The maximum absolute atomic E-state index is 13.0. The Kier molecular flexibility index (Phi) is 5.19. The molecule has 0 amide bonds. The van der Waals surface area contributed by atoms with Crippen molar-refractivity contribution in [2.75, 3.05) is 0 Å². The van der Waals surface area contributed by atoms with E-state index in [1.54, 1.807) is 52.9 Å². The van der Waals surface area contributed by atoms with Crippen molar-refractivity contribution in [1.82, 2.24) is 0 Å². The van der Waals surface area contributed by atoms with Crippen molar-refractivity contribution in [3.63, 3.8) is 0 Å². The van der Waals surface area contributed by atoms with Gasteiger partial charge in [0.15, 0.2) is 5.71 Å². The Balaban J connectivity index is 2.43. The summed E-state index contributed by atoms with van der Waals surface area (Å²) in [6.45, 7) is 0. The van der Waals surface area contributed by atoms with E-state index in [-0.39, 0.29) is 9.26 Å². The minimum Gasteiger partial charge on any atom is -0.234 e. The van der Waals surface area contributed by atoms with Crippen LogP contribution in [0.2, 0.25) is 0 Å². The van der Waals surface area contributed by atoms with Gasteiger partial charge in [-0.15, -0.1) is 0 Å². The molecule has 0 bridgehead atoms. The quantitative estimate of drug-likeness (QED) is 0.265. The molecule has 0 fully saturated rings. The van der Waals surface area contributed by atoms with Crippen LogP contribution in [0.4, 0.5) is 23.2 Å². The highest BCUT2D eigenvalue weighted by molar-refractivity contribution is 14.1. The van der Waals surface area contributed by atoms with Crippen molar-refractivity contribution in [1.29, 1.82) is 0 Å². The second-order valence-corrected chi connectivity index (χ2v) is 5.33. The normalized spacial score (nSPS) is 11.8. The lowest BCUT2D eigenvalue weighted by molar-refractivity contribution is -0.0571. The predicted octanol–water partition coefficient (Wildman–Crippen LogP) is 5.12. The average molecular weight is 417 g/mol. The van der Waals surface area contributed by atoms with Gasteiger partial charge in [-0.2, -0.15) is 13.2 Å². The molecule has 0 saturated carbocycles. The van der Waals surface area contributed by atoms with Crippen molar-refractivity contribution in [3.8, 4) is 11.8 Å². The first-order valence-corrected chi connectivity index (χ1v) is 7.12. The Morgan fingerprint density at radius 2 is 1.73 bits per heavy atom. The van der Waals surface area contributed by atoms with E-state index in [0.717, 1.165) is 12.1 Å². The molecule has 2 rings (SSSR count). The first-order valence-electron chi connectivity index (χ1n) is 6.04. The van der Waals surface area contributed by atoms with E-state index in [2.05, 4.69) is 10.9 Å². The summed E-state index contributed by atoms with van der Waals surface area (Å²) in [6.07, 6.45) is -4.68. The monoisotopic (exact) mass is 417 g/mol. The average Bonchev–Trinajstić information content (AvgIpc) is 2.45. The number of halogens is 5. The Morgan fingerprint density at radius 1 is 1.05 bits per heavy atom. The zero-order valence-corrected chi connectivity index (χ0v) is 13.1. The zero-order chi connectivity index (χ0) is 16.2. The number of hydrogen-bond donors (Lipinski definition) is 0. The molecule has 1 nitrogen and oxygen atoms in total. The third-order valence-electron chi connectivity index (χ3n) is 2.51. The molecule has 22 heavy (non-hydrogen) atoms. The van der Waals surface area contributed by atoms with Crippen molar-refractivity contribution in [2.45, 2.75) is 6.18 Å². The van der Waals surface area contributed by atoms with Gasteiger partial charge in [0.1, 0.15) is 5.82 Å². The number of benzene rings is 2. The third kappa shape index (κ3) is 4.56. The van der Waals surface area contributed by atoms with Gasteiger partial charge in [-0.25, -0.2) is 9.38 Å². The van der Waals surface area contributed by atoms with E-state index in [1.807, 2.05) is 5.92 Å². The minimum atomic E-state index is -4.68. The van der Waals surface area contributed by atoms with Crippen LogP contribution in [0, 0.1) is 21.2 Å². The lowest BCUT2D eigenvalue weighted by atomic mass is 10.2. The molecule has 2 aromatic carbocycles. The number of alkyl halides is 3. The van der Waals surface area contributed by atoms with Crippen LogP contribution in [-0.4, -0.2) is 11.9 Å². The Hall–Kier alpha value is -1.88. The number of hydrogen-bond acceptors (Lipinski definition) is 1. The molecular formula is C16H8F4IN. The van der Waals surface area contributed by atoms with Crippen LogP contribution in [0.3, 0.4) is 0 Å². The molecule has 112 valence electrons. The lowest BCUT2D eigenvalue weighted by Crippen LogP contribution is -2.21. The molecule has 0 radical (unpaired) electrons. The van der Waals surface area contributed by atoms with Crippen LogP contribution in [0.15, 0.2) is 53.5 Å². The van der Waals surface area contributed by atoms with E-state index in [9.17, 15) is 17.6 Å². The maximum Gasteiger partial charge on any atom is 0.441 e. The number of rotatable bonds is 1. The first-order chi connectivity index (χ1) is 10.4. The lowest BCUT2D eigenvalue weighted by Gasteiger charge is -2.05. The largest absolute Gasteiger partial charge is 0.441 e. The molecular weight excluding hydrogens is 409 g/mol. The fourth-order valence-corrected chi connectivity index (χ4v) is 2.11. The summed E-state index contributed by atoms with van der Waals surface area (Å²) in [6, 6.07) is 11.6. The molecule has 0 N–H and O–H groups in total. The molecule has 0 aliphatic heterocycles. The summed E-state index contributed by atoms with van der Waals surface area (Å²) in [5.41, 5.74) is -0.745. The second-order valence-electron chi connectivity index (χ2n) is 4.17. The van der Waals surface area contributed by atoms with Gasteiger partial charge >= 0.3 is 6.18 Å². The molecule has 0 aromatic heterocycles. The second kappa shape index (κ2) is 6.92. The van der Waals surface area contributed by atoms with Crippen LogP contribution in [-0.2, 0) is 0 Å². The summed E-state index contributed by atoms with van der Waals surface area (Å²) in [4.78, 5) is 3.53. The summed E-state index contributed by atoms with van der Waals surface area (Å²) in [7, 11) is 0. The Labute approximate surface area is 138 Å². The minimum absolute atomic E-state index is 0.0247. The fourth-order valence-electron chi connectivity index (χ4n) is 1.51. The summed E-state index contributed by atoms with van der Waals surface area (Å²) in [5.74, 6) is 3.93. The van der Waals surface area contributed by atoms with Crippen molar-refractivity contribution in [2.24, 2.45) is 4.99 Å². The molecule has 0 aliphatic carbocycles. The SMILES string of the molecule is Fc1ccc(N=C(C#Cc2ccccc2)C(F)(F)F)c(I)c1. The smallest absolute Gasteiger partial charge is 0.234 e. The van der Waals surface area contributed by atoms with Crippen molar-refractivity contribution in [3.05, 3.63) is 63.5 Å². The van der Waals surface area contributed by atoms with Crippen LogP contribution < -0.4 is 0 Å².